The summed E-state index contributed by atoms with van der Waals surface area (Å²) in [7, 11) is 0. The molecule has 20 heavy (non-hydrogen) atoms. The predicted molar refractivity (Wildman–Crippen MR) is 73.0 cm³/mol. The molecule has 0 spiro atoms. The first kappa shape index (κ1) is 15.2. The molecule has 2 rings (SSSR count). The molecule has 1 aromatic rings. The Hall–Kier alpha value is -1.18. The van der Waals surface area contributed by atoms with Crippen molar-refractivity contribution >= 4 is 22.0 Å². The molecule has 1 aromatic carbocycles. The summed E-state index contributed by atoms with van der Waals surface area (Å²) >= 11 is 3.07. The van der Waals surface area contributed by atoms with Crippen molar-refractivity contribution in [1.29, 1.82) is 0 Å². The molecule has 7 heteroatoms. The fourth-order valence-electron chi connectivity index (χ4n) is 2.45. The molecule has 0 radical (unpaired) electrons. The molecule has 0 bridgehead atoms. The number of aliphatic hydroxyl groups is 2. The van der Waals surface area contributed by atoms with Gasteiger partial charge in [-0.05, 0) is 40.4 Å². The molecule has 1 saturated heterocycles. The van der Waals surface area contributed by atoms with Gasteiger partial charge in [-0.1, -0.05) is 12.1 Å². The van der Waals surface area contributed by atoms with E-state index in [1.54, 1.807) is 12.1 Å². The van der Waals surface area contributed by atoms with Gasteiger partial charge in [0.2, 0.25) is 0 Å². The van der Waals surface area contributed by atoms with Gasteiger partial charge in [0.1, 0.15) is 11.9 Å². The molecule has 5 nitrogen and oxygen atoms in total. The largest absolute Gasteiger partial charge is 0.465 e. The third kappa shape index (κ3) is 2.94. The quantitative estimate of drug-likeness (QED) is 0.759. The first-order chi connectivity index (χ1) is 9.41. The second kappa shape index (κ2) is 6.07. The van der Waals surface area contributed by atoms with Crippen LogP contribution in [0.25, 0.3) is 0 Å². The summed E-state index contributed by atoms with van der Waals surface area (Å²) in [6.45, 7) is 0.119. The van der Waals surface area contributed by atoms with Crippen LogP contribution in [0.2, 0.25) is 0 Å². The van der Waals surface area contributed by atoms with Crippen LogP contribution in [0.15, 0.2) is 22.7 Å². The SMILES string of the molecule is O=C(O)N1CCC(O)C(O)C1Cc1cccc(Br)c1F. The molecule has 1 amide bonds. The molecule has 1 aliphatic heterocycles. The fraction of sp³-hybridized carbons (Fsp3) is 0.462. The number of carbonyl (C=O) groups is 1. The van der Waals surface area contributed by atoms with Crippen LogP contribution in [-0.4, -0.2) is 51.1 Å². The highest BCUT2D eigenvalue weighted by molar-refractivity contribution is 9.10. The number of likely N-dealkylation sites (tertiary alicyclic amines) is 1. The smallest absolute Gasteiger partial charge is 0.407 e. The van der Waals surface area contributed by atoms with Crippen LogP contribution in [0.4, 0.5) is 9.18 Å². The van der Waals surface area contributed by atoms with Gasteiger partial charge in [-0.25, -0.2) is 9.18 Å². The summed E-state index contributed by atoms with van der Waals surface area (Å²) in [5.41, 5.74) is 0.295. The van der Waals surface area contributed by atoms with Gasteiger partial charge in [0.25, 0.3) is 0 Å². The lowest BCUT2D eigenvalue weighted by Gasteiger charge is -2.40. The Labute approximate surface area is 123 Å². The molecule has 3 atom stereocenters. The highest BCUT2D eigenvalue weighted by atomic mass is 79.9. The molecular weight excluding hydrogens is 333 g/mol. The van der Waals surface area contributed by atoms with Gasteiger partial charge in [-0.3, -0.25) is 0 Å². The summed E-state index contributed by atoms with van der Waals surface area (Å²) in [6.07, 6.45) is -3.22. The molecule has 1 aliphatic rings. The van der Waals surface area contributed by atoms with Crippen LogP contribution in [0.5, 0.6) is 0 Å². The van der Waals surface area contributed by atoms with E-state index in [4.69, 9.17) is 5.11 Å². The van der Waals surface area contributed by atoms with Gasteiger partial charge in [0, 0.05) is 6.54 Å². The lowest BCUT2D eigenvalue weighted by molar-refractivity contribution is -0.0677. The van der Waals surface area contributed by atoms with Gasteiger partial charge < -0.3 is 20.2 Å². The van der Waals surface area contributed by atoms with Crippen LogP contribution in [-0.2, 0) is 6.42 Å². The van der Waals surface area contributed by atoms with Crippen LogP contribution >= 0.6 is 15.9 Å². The van der Waals surface area contributed by atoms with E-state index in [1.165, 1.54) is 6.07 Å². The first-order valence-corrected chi connectivity index (χ1v) is 6.99. The zero-order valence-electron chi connectivity index (χ0n) is 10.5. The number of nitrogens with zero attached hydrogens (tertiary/aromatic N) is 1. The molecule has 0 saturated carbocycles. The van der Waals surface area contributed by atoms with Crippen molar-refractivity contribution in [3.8, 4) is 0 Å². The standard InChI is InChI=1S/C13H15BrFNO4/c14-8-3-1-2-7(11(8)15)6-9-12(18)10(17)4-5-16(9)13(19)20/h1-3,9-10,12,17-18H,4-6H2,(H,19,20). The van der Waals surface area contributed by atoms with Gasteiger partial charge in [-0.15, -0.1) is 0 Å². The number of hydrogen-bond acceptors (Lipinski definition) is 3. The molecule has 3 N–H and O–H groups in total. The van der Waals surface area contributed by atoms with Gasteiger partial charge >= 0.3 is 6.09 Å². The summed E-state index contributed by atoms with van der Waals surface area (Å²) in [6, 6.07) is 3.85. The molecule has 0 aromatic heterocycles. The second-order valence-corrected chi connectivity index (χ2v) is 5.66. The van der Waals surface area contributed by atoms with Gasteiger partial charge in [0.15, 0.2) is 0 Å². The molecule has 1 heterocycles. The predicted octanol–water partition coefficient (Wildman–Crippen LogP) is 1.60. The Morgan fingerprint density at radius 2 is 2.15 bits per heavy atom. The lowest BCUT2D eigenvalue weighted by Crippen LogP contribution is -2.57. The lowest BCUT2D eigenvalue weighted by atomic mass is 9.91. The Bertz CT molecular complexity index is 513. The topological polar surface area (TPSA) is 81.0 Å². The third-order valence-corrected chi connectivity index (χ3v) is 4.17. The molecule has 1 fully saturated rings. The minimum Gasteiger partial charge on any atom is -0.465 e. The van der Waals surface area contributed by atoms with Crippen LogP contribution in [0.3, 0.4) is 0 Å². The van der Waals surface area contributed by atoms with E-state index in [2.05, 4.69) is 15.9 Å². The Kier molecular flexibility index (Phi) is 4.62. The maximum atomic E-state index is 14.0. The molecule has 110 valence electrons. The summed E-state index contributed by atoms with van der Waals surface area (Å²) < 4.78 is 14.2. The second-order valence-electron chi connectivity index (χ2n) is 4.81. The van der Waals surface area contributed by atoms with Crippen molar-refractivity contribution in [3.05, 3.63) is 34.1 Å². The van der Waals surface area contributed by atoms with E-state index in [-0.39, 0.29) is 23.9 Å². The third-order valence-electron chi connectivity index (χ3n) is 3.56. The Morgan fingerprint density at radius 1 is 1.45 bits per heavy atom. The van der Waals surface area contributed by atoms with Crippen molar-refractivity contribution in [1.82, 2.24) is 4.90 Å². The Morgan fingerprint density at radius 3 is 2.80 bits per heavy atom. The van der Waals surface area contributed by atoms with Crippen LogP contribution in [0, 0.1) is 5.82 Å². The number of piperidine rings is 1. The molecular formula is C13H15BrFNO4. The number of amides is 1. The highest BCUT2D eigenvalue weighted by Crippen LogP contribution is 2.25. The number of carboxylic acid groups (broad SMARTS) is 1. The fourth-order valence-corrected chi connectivity index (χ4v) is 2.86. The van der Waals surface area contributed by atoms with Crippen LogP contribution < -0.4 is 0 Å². The zero-order valence-corrected chi connectivity index (χ0v) is 12.1. The van der Waals surface area contributed by atoms with Crippen LogP contribution in [0.1, 0.15) is 12.0 Å². The van der Waals surface area contributed by atoms with E-state index in [1.807, 2.05) is 0 Å². The summed E-state index contributed by atoms with van der Waals surface area (Å²) in [5, 5.41) is 28.8. The van der Waals surface area contributed by atoms with Crippen molar-refractivity contribution in [2.75, 3.05) is 6.54 Å². The number of halogens is 2. The van der Waals surface area contributed by atoms with Crippen molar-refractivity contribution in [2.45, 2.75) is 31.1 Å². The van der Waals surface area contributed by atoms with Crippen molar-refractivity contribution in [3.63, 3.8) is 0 Å². The number of hydrogen-bond donors (Lipinski definition) is 3. The highest BCUT2D eigenvalue weighted by Gasteiger charge is 2.38. The zero-order chi connectivity index (χ0) is 14.9. The average molecular weight is 348 g/mol. The normalized spacial score (nSPS) is 26.6. The van der Waals surface area contributed by atoms with E-state index in [0.717, 1.165) is 4.90 Å². The van der Waals surface area contributed by atoms with E-state index in [9.17, 15) is 19.4 Å². The maximum Gasteiger partial charge on any atom is 0.407 e. The van der Waals surface area contributed by atoms with E-state index in [0.29, 0.717) is 5.56 Å². The minimum atomic E-state index is -1.22. The first-order valence-electron chi connectivity index (χ1n) is 6.20. The van der Waals surface area contributed by atoms with E-state index < -0.39 is 30.2 Å². The number of aliphatic hydroxyl groups excluding tert-OH is 2. The number of rotatable bonds is 2. The molecule has 0 aliphatic carbocycles. The molecule has 3 unspecified atom stereocenters. The van der Waals surface area contributed by atoms with Crippen molar-refractivity contribution in [2.24, 2.45) is 0 Å². The summed E-state index contributed by atoms with van der Waals surface area (Å²) in [5.74, 6) is -0.481. The average Bonchev–Trinajstić information content (AvgIpc) is 2.40. The Balaban J connectivity index is 2.27. The maximum absolute atomic E-state index is 14.0. The van der Waals surface area contributed by atoms with Gasteiger partial charge in [-0.2, -0.15) is 0 Å². The minimum absolute atomic E-state index is 0.00972. The monoisotopic (exact) mass is 347 g/mol. The van der Waals surface area contributed by atoms with Crippen molar-refractivity contribution < 1.29 is 24.5 Å². The van der Waals surface area contributed by atoms with Gasteiger partial charge in [0.05, 0.1) is 16.6 Å². The number of benzene rings is 1. The van der Waals surface area contributed by atoms with E-state index >= 15 is 0 Å². The summed E-state index contributed by atoms with van der Waals surface area (Å²) in [4.78, 5) is 12.2.